The topological polar surface area (TPSA) is 102 Å². The van der Waals surface area contributed by atoms with Crippen molar-refractivity contribution in [3.05, 3.63) is 74.3 Å². The van der Waals surface area contributed by atoms with Crippen molar-refractivity contribution < 1.29 is 23.1 Å². The van der Waals surface area contributed by atoms with Crippen molar-refractivity contribution in [2.24, 2.45) is 7.05 Å². The molecule has 0 unspecified atom stereocenters. The lowest BCUT2D eigenvalue weighted by molar-refractivity contribution is -0.118. The monoisotopic (exact) mass is 566 g/mol. The highest BCUT2D eigenvalue weighted by Crippen LogP contribution is 2.37. The number of fused-ring (bicyclic) bond motifs is 1. The Balaban J connectivity index is 1.65. The van der Waals surface area contributed by atoms with Crippen LogP contribution in [0.15, 0.2) is 29.1 Å². The molecule has 1 aliphatic heterocycles. The average molecular weight is 567 g/mol. The van der Waals surface area contributed by atoms with Gasteiger partial charge in [0.15, 0.2) is 5.78 Å². The summed E-state index contributed by atoms with van der Waals surface area (Å²) in [5.74, 6) is -2.90. The number of aromatic nitrogens is 2. The van der Waals surface area contributed by atoms with Gasteiger partial charge in [-0.25, -0.2) is 13.8 Å². The number of carbonyl (C=O) groups is 2. The third-order valence-corrected chi connectivity index (χ3v) is 7.76. The normalized spacial score (nSPS) is 14.0. The van der Waals surface area contributed by atoms with Crippen LogP contribution in [0.2, 0.25) is 0 Å². The van der Waals surface area contributed by atoms with Gasteiger partial charge in [0.1, 0.15) is 28.6 Å². The quantitative estimate of drug-likeness (QED) is 0.386. The van der Waals surface area contributed by atoms with Gasteiger partial charge in [-0.15, -0.1) is 0 Å². The molecule has 3 aromatic rings. The summed E-state index contributed by atoms with van der Waals surface area (Å²) >= 11 is 0. The van der Waals surface area contributed by atoms with E-state index in [1.165, 1.54) is 6.92 Å². The van der Waals surface area contributed by atoms with E-state index < -0.39 is 29.1 Å². The molecule has 2 heterocycles. The molecule has 1 aliphatic rings. The molecule has 0 radical (unpaired) electrons. The highest BCUT2D eigenvalue weighted by atomic mass is 19.1. The van der Waals surface area contributed by atoms with Crippen molar-refractivity contribution in [1.82, 2.24) is 14.9 Å². The predicted molar refractivity (Wildman–Crippen MR) is 154 cm³/mol. The fourth-order valence-corrected chi connectivity index (χ4v) is 4.94. The molecule has 10 heteroatoms. The average Bonchev–Trinajstić information content (AvgIpc) is 2.93. The Morgan fingerprint density at radius 1 is 1.17 bits per heavy atom. The molecule has 0 saturated carbocycles. The lowest BCUT2D eigenvalue weighted by Gasteiger charge is -2.25. The third kappa shape index (κ3) is 6.16. The van der Waals surface area contributed by atoms with E-state index in [1.807, 2.05) is 27.7 Å². The second-order valence-electron chi connectivity index (χ2n) is 10.6. The Hall–Kier alpha value is -4.08. The van der Waals surface area contributed by atoms with Gasteiger partial charge in [-0.1, -0.05) is 13.0 Å². The molecular weight excluding hydrogens is 530 g/mol. The van der Waals surface area contributed by atoms with E-state index >= 15 is 0 Å². The summed E-state index contributed by atoms with van der Waals surface area (Å²) in [6.07, 6.45) is 2.20. The van der Waals surface area contributed by atoms with Crippen molar-refractivity contribution in [1.29, 1.82) is 0 Å². The Bertz CT molecular complexity index is 1540. The van der Waals surface area contributed by atoms with E-state index in [0.717, 1.165) is 47.5 Å². The Labute approximate surface area is 238 Å². The smallest absolute Gasteiger partial charge is 0.277 e. The molecule has 2 N–H and O–H groups in total. The zero-order valence-electron chi connectivity index (χ0n) is 24.3. The van der Waals surface area contributed by atoms with Gasteiger partial charge in [-0.05, 0) is 76.3 Å². The Morgan fingerprint density at radius 2 is 1.85 bits per heavy atom. The predicted octanol–water partition coefficient (Wildman–Crippen LogP) is 4.81. The lowest BCUT2D eigenvalue weighted by atomic mass is 9.91. The summed E-state index contributed by atoms with van der Waals surface area (Å²) in [5.41, 5.74) is 3.10. The van der Waals surface area contributed by atoms with Crippen molar-refractivity contribution in [2.45, 2.75) is 72.4 Å². The fraction of sp³-hybridized carbons (Fsp3) is 0.419. The lowest BCUT2D eigenvalue weighted by Crippen LogP contribution is -2.42. The van der Waals surface area contributed by atoms with Crippen LogP contribution in [0.1, 0.15) is 66.5 Å². The summed E-state index contributed by atoms with van der Waals surface area (Å²) in [4.78, 5) is 43.2. The second-order valence-corrected chi connectivity index (χ2v) is 10.6. The number of aryl methyl sites for hydroxylation is 1. The van der Waals surface area contributed by atoms with Gasteiger partial charge < -0.3 is 19.9 Å². The van der Waals surface area contributed by atoms with Crippen LogP contribution < -0.4 is 20.9 Å². The maximum atomic E-state index is 14.9. The fourth-order valence-electron chi connectivity index (χ4n) is 4.94. The van der Waals surface area contributed by atoms with E-state index in [0.29, 0.717) is 24.3 Å². The van der Waals surface area contributed by atoms with Gasteiger partial charge in [0, 0.05) is 36.5 Å². The molecule has 8 nitrogen and oxygen atoms in total. The number of hydrogen-bond acceptors (Lipinski definition) is 6. The van der Waals surface area contributed by atoms with Crippen LogP contribution in [0.25, 0.3) is 11.3 Å². The molecule has 41 heavy (non-hydrogen) atoms. The minimum atomic E-state index is -1.04. The molecule has 0 aliphatic carbocycles. The summed E-state index contributed by atoms with van der Waals surface area (Å²) < 4.78 is 37.3. The summed E-state index contributed by atoms with van der Waals surface area (Å²) in [6.45, 7) is 9.25. The van der Waals surface area contributed by atoms with E-state index in [9.17, 15) is 23.2 Å². The van der Waals surface area contributed by atoms with Gasteiger partial charge in [0.2, 0.25) is 0 Å². The minimum Gasteiger partial charge on any atom is -0.493 e. The standard InChI is InChI=1S/C31H36F2N4O4/c1-7-16(2)34-21-14-24(32)27(25(33)15-21)30(39)36-26(19(5)38)13-20-10-11-23(29-22(20)9-8-12-41-29)28-31(40)37(6)18(4)17(3)35-28/h10-11,14-16,26,34H,7-9,12-13H2,1-6H3,(H,36,39)/t16-,26-/m0/s1. The second kappa shape index (κ2) is 12.2. The number of ketones is 1. The Kier molecular flexibility index (Phi) is 8.89. The number of nitrogens with zero attached hydrogens (tertiary/aromatic N) is 2. The molecule has 0 spiro atoms. The minimum absolute atomic E-state index is 0.00862. The first-order valence-electron chi connectivity index (χ1n) is 13.8. The number of amides is 1. The van der Waals surface area contributed by atoms with Crippen LogP contribution in [-0.2, 0) is 24.7 Å². The largest absolute Gasteiger partial charge is 0.493 e. The number of carbonyl (C=O) groups excluding carboxylic acids is 2. The summed E-state index contributed by atoms with van der Waals surface area (Å²) in [5, 5.41) is 5.51. The first-order valence-corrected chi connectivity index (χ1v) is 13.8. The highest BCUT2D eigenvalue weighted by molar-refractivity contribution is 5.98. The molecular formula is C31H36F2N4O4. The van der Waals surface area contributed by atoms with Gasteiger partial charge in [-0.3, -0.25) is 14.4 Å². The van der Waals surface area contributed by atoms with Crippen molar-refractivity contribution in [2.75, 3.05) is 11.9 Å². The number of hydrogen-bond donors (Lipinski definition) is 2. The number of ether oxygens (including phenoxy) is 1. The van der Waals surface area contributed by atoms with E-state index in [1.54, 1.807) is 23.7 Å². The number of nitrogens with one attached hydrogen (secondary N) is 2. The molecule has 0 saturated heterocycles. The van der Waals surface area contributed by atoms with Crippen LogP contribution >= 0.6 is 0 Å². The van der Waals surface area contributed by atoms with Gasteiger partial charge in [-0.2, -0.15) is 0 Å². The SMILES string of the molecule is CC[C@H](C)Nc1cc(F)c(C(=O)N[C@@H](Cc2ccc(-c3nc(C)c(C)n(C)c3=O)c3c2CCCO3)C(C)=O)c(F)c1. The highest BCUT2D eigenvalue weighted by Gasteiger charge is 2.28. The third-order valence-electron chi connectivity index (χ3n) is 7.76. The molecule has 4 rings (SSSR count). The van der Waals surface area contributed by atoms with E-state index in [2.05, 4.69) is 15.6 Å². The summed E-state index contributed by atoms with van der Waals surface area (Å²) in [6, 6.07) is 4.63. The van der Waals surface area contributed by atoms with E-state index in [-0.39, 0.29) is 35.2 Å². The maximum absolute atomic E-state index is 14.9. The van der Waals surface area contributed by atoms with Crippen molar-refractivity contribution in [3.63, 3.8) is 0 Å². The van der Waals surface area contributed by atoms with Crippen LogP contribution in [0.4, 0.5) is 14.5 Å². The van der Waals surface area contributed by atoms with Crippen LogP contribution in [-0.4, -0.2) is 39.9 Å². The number of rotatable bonds is 9. The van der Waals surface area contributed by atoms with Crippen LogP contribution in [0, 0.1) is 25.5 Å². The number of halogens is 2. The Morgan fingerprint density at radius 3 is 2.49 bits per heavy atom. The van der Waals surface area contributed by atoms with Crippen molar-refractivity contribution in [3.8, 4) is 17.0 Å². The van der Waals surface area contributed by atoms with Gasteiger partial charge in [0.25, 0.3) is 11.5 Å². The zero-order valence-corrected chi connectivity index (χ0v) is 24.3. The molecule has 0 fully saturated rings. The summed E-state index contributed by atoms with van der Waals surface area (Å²) in [7, 11) is 1.69. The first-order chi connectivity index (χ1) is 19.4. The molecule has 0 bridgehead atoms. The number of anilines is 1. The molecule has 2 atom stereocenters. The molecule has 1 amide bonds. The number of benzene rings is 2. The van der Waals surface area contributed by atoms with Gasteiger partial charge in [0.05, 0.1) is 18.3 Å². The van der Waals surface area contributed by atoms with Crippen molar-refractivity contribution >= 4 is 17.4 Å². The molecule has 1 aromatic heterocycles. The van der Waals surface area contributed by atoms with Crippen LogP contribution in [0.3, 0.4) is 0 Å². The maximum Gasteiger partial charge on any atom is 0.277 e. The first kappa shape index (κ1) is 29.9. The molecule has 218 valence electrons. The number of Topliss-reactive ketones (excluding diaryl/α,β-unsaturated/α-hetero) is 1. The van der Waals surface area contributed by atoms with E-state index in [4.69, 9.17) is 4.74 Å². The molecule has 2 aromatic carbocycles. The van der Waals surface area contributed by atoms with Gasteiger partial charge >= 0.3 is 0 Å². The van der Waals surface area contributed by atoms with Crippen LogP contribution in [0.5, 0.6) is 5.75 Å². The zero-order chi connectivity index (χ0) is 30.0.